The number of hydrogen-bond acceptors (Lipinski definition) is 3. The summed E-state index contributed by atoms with van der Waals surface area (Å²) in [6.07, 6.45) is 20.4. The molecule has 0 spiro atoms. The zero-order chi connectivity index (χ0) is 16.3. The molecular formula is C19H39NO2. The van der Waals surface area contributed by atoms with Crippen LogP contribution in [0.15, 0.2) is 0 Å². The first kappa shape index (κ1) is 21.4. The minimum absolute atomic E-state index is 0.0700. The summed E-state index contributed by atoms with van der Waals surface area (Å²) in [6.45, 7) is 0.852. The SMILES string of the molecule is COC(=O)CCCCCCCCCCCCCCCCCN. The Morgan fingerprint density at radius 2 is 0.955 bits per heavy atom. The number of unbranched alkanes of at least 4 members (excludes halogenated alkanes) is 14. The highest BCUT2D eigenvalue weighted by atomic mass is 16.5. The summed E-state index contributed by atoms with van der Waals surface area (Å²) in [6, 6.07) is 0. The molecule has 0 atom stereocenters. The summed E-state index contributed by atoms with van der Waals surface area (Å²) in [4.78, 5) is 10.9. The minimum Gasteiger partial charge on any atom is -0.469 e. The molecule has 132 valence electrons. The Bertz CT molecular complexity index is 231. The van der Waals surface area contributed by atoms with E-state index in [1.54, 1.807) is 0 Å². The lowest BCUT2D eigenvalue weighted by atomic mass is 10.0. The van der Waals surface area contributed by atoms with Crippen LogP contribution in [-0.2, 0) is 9.53 Å². The molecule has 0 aromatic heterocycles. The van der Waals surface area contributed by atoms with Crippen molar-refractivity contribution in [1.29, 1.82) is 0 Å². The van der Waals surface area contributed by atoms with E-state index in [4.69, 9.17) is 5.73 Å². The Labute approximate surface area is 138 Å². The van der Waals surface area contributed by atoms with Crippen LogP contribution < -0.4 is 5.73 Å². The van der Waals surface area contributed by atoms with E-state index in [-0.39, 0.29) is 5.97 Å². The van der Waals surface area contributed by atoms with Gasteiger partial charge in [0, 0.05) is 6.42 Å². The van der Waals surface area contributed by atoms with Crippen LogP contribution in [0.4, 0.5) is 0 Å². The fraction of sp³-hybridized carbons (Fsp3) is 0.947. The van der Waals surface area contributed by atoms with Crippen molar-refractivity contribution in [2.45, 2.75) is 103 Å². The average Bonchev–Trinajstić information content (AvgIpc) is 2.54. The van der Waals surface area contributed by atoms with Crippen molar-refractivity contribution >= 4 is 5.97 Å². The van der Waals surface area contributed by atoms with Crippen LogP contribution in [0.5, 0.6) is 0 Å². The molecule has 0 aliphatic heterocycles. The van der Waals surface area contributed by atoms with E-state index >= 15 is 0 Å². The summed E-state index contributed by atoms with van der Waals surface area (Å²) in [5.74, 6) is -0.0700. The second-order valence-electron chi connectivity index (χ2n) is 6.42. The van der Waals surface area contributed by atoms with Gasteiger partial charge in [0.1, 0.15) is 0 Å². The van der Waals surface area contributed by atoms with Gasteiger partial charge >= 0.3 is 5.97 Å². The first-order valence-corrected chi connectivity index (χ1v) is 9.58. The minimum atomic E-state index is -0.0700. The van der Waals surface area contributed by atoms with Gasteiger partial charge in [-0.3, -0.25) is 4.79 Å². The third kappa shape index (κ3) is 17.5. The van der Waals surface area contributed by atoms with Gasteiger partial charge in [-0.25, -0.2) is 0 Å². The van der Waals surface area contributed by atoms with Gasteiger partial charge in [0.2, 0.25) is 0 Å². The number of hydrogen-bond donors (Lipinski definition) is 1. The van der Waals surface area contributed by atoms with Crippen LogP contribution in [0.25, 0.3) is 0 Å². The largest absolute Gasteiger partial charge is 0.469 e. The van der Waals surface area contributed by atoms with Gasteiger partial charge < -0.3 is 10.5 Å². The maximum absolute atomic E-state index is 10.9. The molecule has 0 radical (unpaired) electrons. The average molecular weight is 314 g/mol. The molecule has 0 saturated heterocycles. The third-order valence-electron chi connectivity index (χ3n) is 4.31. The number of nitrogens with two attached hydrogens (primary N) is 1. The standard InChI is InChI=1S/C19H39NO2/c1-22-19(21)17-15-13-11-9-7-5-3-2-4-6-8-10-12-14-16-18-20/h2-18,20H2,1H3. The Hall–Kier alpha value is -0.570. The fourth-order valence-electron chi connectivity index (χ4n) is 2.81. The normalized spacial score (nSPS) is 10.8. The van der Waals surface area contributed by atoms with Crippen LogP contribution in [0.1, 0.15) is 103 Å². The molecule has 0 bridgehead atoms. The van der Waals surface area contributed by atoms with Crippen molar-refractivity contribution in [3.63, 3.8) is 0 Å². The van der Waals surface area contributed by atoms with Crippen LogP contribution in [0.2, 0.25) is 0 Å². The van der Waals surface area contributed by atoms with E-state index in [0.717, 1.165) is 13.0 Å². The molecule has 0 fully saturated rings. The molecule has 2 N–H and O–H groups in total. The van der Waals surface area contributed by atoms with Crippen LogP contribution in [0.3, 0.4) is 0 Å². The Kier molecular flexibility index (Phi) is 18.0. The number of carbonyl (C=O) groups excluding carboxylic acids is 1. The highest BCUT2D eigenvalue weighted by Crippen LogP contribution is 2.13. The molecule has 22 heavy (non-hydrogen) atoms. The van der Waals surface area contributed by atoms with Gasteiger partial charge in [-0.15, -0.1) is 0 Å². The quantitative estimate of drug-likeness (QED) is 0.290. The monoisotopic (exact) mass is 313 g/mol. The molecule has 0 aliphatic rings. The summed E-state index contributed by atoms with van der Waals surface area (Å²) in [5.41, 5.74) is 5.48. The van der Waals surface area contributed by atoms with Crippen molar-refractivity contribution in [3.05, 3.63) is 0 Å². The summed E-state index contributed by atoms with van der Waals surface area (Å²) < 4.78 is 4.63. The second kappa shape index (κ2) is 18.5. The van der Waals surface area contributed by atoms with Gasteiger partial charge in [0.05, 0.1) is 7.11 Å². The predicted octanol–water partition coefficient (Wildman–Crippen LogP) is 5.36. The smallest absolute Gasteiger partial charge is 0.305 e. The molecule has 0 unspecified atom stereocenters. The number of ether oxygens (including phenoxy) is 1. The molecule has 3 heteroatoms. The molecule has 3 nitrogen and oxygen atoms in total. The molecule has 0 aliphatic carbocycles. The van der Waals surface area contributed by atoms with E-state index in [1.807, 2.05) is 0 Å². The van der Waals surface area contributed by atoms with E-state index in [1.165, 1.54) is 97.0 Å². The Morgan fingerprint density at radius 3 is 1.27 bits per heavy atom. The second-order valence-corrected chi connectivity index (χ2v) is 6.42. The van der Waals surface area contributed by atoms with E-state index < -0.39 is 0 Å². The molecule has 0 aromatic rings. The van der Waals surface area contributed by atoms with Gasteiger partial charge in [-0.1, -0.05) is 83.5 Å². The summed E-state index contributed by atoms with van der Waals surface area (Å²) >= 11 is 0. The van der Waals surface area contributed by atoms with E-state index in [2.05, 4.69) is 4.74 Å². The van der Waals surface area contributed by atoms with Gasteiger partial charge in [-0.2, -0.15) is 0 Å². The first-order chi connectivity index (χ1) is 10.8. The summed E-state index contributed by atoms with van der Waals surface area (Å²) in [5, 5.41) is 0. The lowest BCUT2D eigenvalue weighted by Crippen LogP contribution is -1.99. The maximum Gasteiger partial charge on any atom is 0.305 e. The molecule has 0 saturated carbocycles. The van der Waals surface area contributed by atoms with Crippen molar-refractivity contribution in [1.82, 2.24) is 0 Å². The molecule has 0 heterocycles. The van der Waals surface area contributed by atoms with Gasteiger partial charge in [0.25, 0.3) is 0 Å². The zero-order valence-electron chi connectivity index (χ0n) is 14.9. The lowest BCUT2D eigenvalue weighted by Gasteiger charge is -2.03. The highest BCUT2D eigenvalue weighted by molar-refractivity contribution is 5.68. The molecule has 0 rings (SSSR count). The number of carbonyl (C=O) groups is 1. The fourth-order valence-corrected chi connectivity index (χ4v) is 2.81. The maximum atomic E-state index is 10.9. The number of esters is 1. The van der Waals surface area contributed by atoms with Crippen LogP contribution in [0, 0.1) is 0 Å². The van der Waals surface area contributed by atoms with Crippen molar-refractivity contribution in [3.8, 4) is 0 Å². The molecule has 0 aromatic carbocycles. The van der Waals surface area contributed by atoms with Crippen LogP contribution >= 0.6 is 0 Å². The predicted molar refractivity (Wildman–Crippen MR) is 94.9 cm³/mol. The van der Waals surface area contributed by atoms with Gasteiger partial charge in [-0.05, 0) is 19.4 Å². The Morgan fingerprint density at radius 1 is 0.636 bits per heavy atom. The highest BCUT2D eigenvalue weighted by Gasteiger charge is 1.99. The van der Waals surface area contributed by atoms with Crippen molar-refractivity contribution in [2.75, 3.05) is 13.7 Å². The zero-order valence-corrected chi connectivity index (χ0v) is 14.9. The van der Waals surface area contributed by atoms with Crippen LogP contribution in [-0.4, -0.2) is 19.6 Å². The van der Waals surface area contributed by atoms with Crippen molar-refractivity contribution in [2.24, 2.45) is 5.73 Å². The third-order valence-corrected chi connectivity index (χ3v) is 4.31. The van der Waals surface area contributed by atoms with E-state index in [9.17, 15) is 4.79 Å². The Balaban J connectivity index is 2.98. The summed E-state index contributed by atoms with van der Waals surface area (Å²) in [7, 11) is 1.46. The van der Waals surface area contributed by atoms with Gasteiger partial charge in [0.15, 0.2) is 0 Å². The van der Waals surface area contributed by atoms with Crippen molar-refractivity contribution < 1.29 is 9.53 Å². The number of rotatable bonds is 17. The first-order valence-electron chi connectivity index (χ1n) is 9.58. The lowest BCUT2D eigenvalue weighted by molar-refractivity contribution is -0.140. The van der Waals surface area contributed by atoms with E-state index in [0.29, 0.717) is 6.42 Å². The topological polar surface area (TPSA) is 52.3 Å². The molecule has 0 amide bonds. The number of methoxy groups -OCH3 is 1. The molecular weight excluding hydrogens is 274 g/mol.